The van der Waals surface area contributed by atoms with Crippen LogP contribution in [-0.2, 0) is 4.74 Å². The van der Waals surface area contributed by atoms with Gasteiger partial charge in [0.25, 0.3) is 0 Å². The quantitative estimate of drug-likeness (QED) is 0.309. The fourth-order valence-corrected chi connectivity index (χ4v) is 2.85. The van der Waals surface area contributed by atoms with Crippen LogP contribution in [0, 0.1) is 0 Å². The summed E-state index contributed by atoms with van der Waals surface area (Å²) in [4.78, 5) is 11.8. The van der Waals surface area contributed by atoms with E-state index in [1.807, 2.05) is 12.1 Å². The molecular weight excluding hydrogens is 340 g/mol. The van der Waals surface area contributed by atoms with E-state index >= 15 is 0 Å². The zero-order chi connectivity index (χ0) is 16.0. The van der Waals surface area contributed by atoms with Crippen molar-refractivity contribution in [3.05, 3.63) is 34.3 Å². The van der Waals surface area contributed by atoms with E-state index in [2.05, 4.69) is 22.9 Å². The van der Waals surface area contributed by atoms with E-state index in [1.54, 1.807) is 12.1 Å². The summed E-state index contributed by atoms with van der Waals surface area (Å²) in [6.45, 7) is 2.78. The Morgan fingerprint density at radius 1 is 0.955 bits per heavy atom. The van der Waals surface area contributed by atoms with Crippen molar-refractivity contribution >= 4 is 21.9 Å². The number of esters is 1. The topological polar surface area (TPSA) is 26.3 Å². The number of unbranched alkanes of at least 4 members (excludes halogenated alkanes) is 9. The summed E-state index contributed by atoms with van der Waals surface area (Å²) in [6, 6.07) is 7.33. The number of carbonyl (C=O) groups is 1. The number of ether oxygens (including phenoxy) is 1. The molecule has 0 radical (unpaired) electrons. The van der Waals surface area contributed by atoms with Gasteiger partial charge in [0, 0.05) is 4.47 Å². The number of hydrogen-bond acceptors (Lipinski definition) is 2. The van der Waals surface area contributed by atoms with Gasteiger partial charge in [-0.2, -0.15) is 0 Å². The van der Waals surface area contributed by atoms with Gasteiger partial charge in [0.2, 0.25) is 0 Å². The Morgan fingerprint density at radius 2 is 1.55 bits per heavy atom. The zero-order valence-electron chi connectivity index (χ0n) is 13.8. The molecule has 1 aromatic rings. The maximum absolute atomic E-state index is 11.8. The first-order chi connectivity index (χ1) is 10.7. The third kappa shape index (κ3) is 9.24. The molecule has 0 aliphatic heterocycles. The molecule has 0 aliphatic carbocycles. The molecule has 3 heteroatoms. The Balaban J connectivity index is 1.94. The first kappa shape index (κ1) is 19.2. The molecule has 2 nitrogen and oxygen atoms in total. The molecule has 0 bridgehead atoms. The summed E-state index contributed by atoms with van der Waals surface area (Å²) in [5.74, 6) is -0.225. The Hall–Kier alpha value is -0.830. The summed E-state index contributed by atoms with van der Waals surface area (Å²) >= 11 is 3.36. The van der Waals surface area contributed by atoms with E-state index in [1.165, 1.54) is 51.4 Å². The van der Waals surface area contributed by atoms with E-state index < -0.39 is 0 Å². The van der Waals surface area contributed by atoms with Crippen LogP contribution in [0.2, 0.25) is 0 Å². The van der Waals surface area contributed by atoms with E-state index in [9.17, 15) is 4.79 Å². The number of hydrogen-bond donors (Lipinski definition) is 0. The van der Waals surface area contributed by atoms with Crippen molar-refractivity contribution in [2.24, 2.45) is 0 Å². The highest BCUT2D eigenvalue weighted by atomic mass is 79.9. The van der Waals surface area contributed by atoms with Gasteiger partial charge >= 0.3 is 5.97 Å². The fourth-order valence-electron chi connectivity index (χ4n) is 2.45. The monoisotopic (exact) mass is 368 g/mol. The van der Waals surface area contributed by atoms with Gasteiger partial charge in [-0.1, -0.05) is 86.7 Å². The lowest BCUT2D eigenvalue weighted by Crippen LogP contribution is -2.06. The molecule has 0 heterocycles. The van der Waals surface area contributed by atoms with Crippen molar-refractivity contribution in [1.82, 2.24) is 0 Å². The van der Waals surface area contributed by atoms with Crippen LogP contribution in [-0.4, -0.2) is 12.6 Å². The van der Waals surface area contributed by atoms with Crippen LogP contribution in [0.4, 0.5) is 0 Å². The first-order valence-corrected chi connectivity index (χ1v) is 9.46. The van der Waals surface area contributed by atoms with E-state index in [0.29, 0.717) is 12.2 Å². The predicted octanol–water partition coefficient (Wildman–Crippen LogP) is 6.53. The zero-order valence-corrected chi connectivity index (χ0v) is 15.4. The molecule has 22 heavy (non-hydrogen) atoms. The lowest BCUT2D eigenvalue weighted by Gasteiger charge is -2.05. The minimum absolute atomic E-state index is 0.225. The predicted molar refractivity (Wildman–Crippen MR) is 96.3 cm³/mol. The maximum atomic E-state index is 11.8. The smallest absolute Gasteiger partial charge is 0.338 e. The number of carbonyl (C=O) groups excluding carboxylic acids is 1. The van der Waals surface area contributed by atoms with Gasteiger partial charge in [0.05, 0.1) is 12.2 Å². The Morgan fingerprint density at radius 3 is 2.14 bits per heavy atom. The van der Waals surface area contributed by atoms with Gasteiger partial charge in [-0.05, 0) is 24.6 Å². The lowest BCUT2D eigenvalue weighted by atomic mass is 10.1. The van der Waals surface area contributed by atoms with Crippen molar-refractivity contribution in [3.8, 4) is 0 Å². The SMILES string of the molecule is CCCCCCCCCCCCOC(=O)c1cccc(Br)c1. The second-order valence-electron chi connectivity index (χ2n) is 5.83. The molecule has 0 saturated heterocycles. The van der Waals surface area contributed by atoms with Crippen LogP contribution < -0.4 is 0 Å². The average Bonchev–Trinajstić information content (AvgIpc) is 2.52. The molecule has 0 aromatic heterocycles. The normalized spacial score (nSPS) is 10.6. The Kier molecular flexibility index (Phi) is 11.1. The van der Waals surface area contributed by atoms with Gasteiger partial charge in [0.1, 0.15) is 0 Å². The first-order valence-electron chi connectivity index (χ1n) is 8.66. The molecule has 1 rings (SSSR count). The lowest BCUT2D eigenvalue weighted by molar-refractivity contribution is 0.0497. The molecule has 0 fully saturated rings. The molecule has 0 amide bonds. The molecule has 1 aromatic carbocycles. The largest absolute Gasteiger partial charge is 0.462 e. The maximum Gasteiger partial charge on any atom is 0.338 e. The van der Waals surface area contributed by atoms with Crippen LogP contribution in [0.3, 0.4) is 0 Å². The minimum Gasteiger partial charge on any atom is -0.462 e. The number of benzene rings is 1. The average molecular weight is 369 g/mol. The number of halogens is 1. The van der Waals surface area contributed by atoms with Gasteiger partial charge in [-0.25, -0.2) is 4.79 Å². The molecule has 0 saturated carbocycles. The third-order valence-corrected chi connectivity index (χ3v) is 4.28. The summed E-state index contributed by atoms with van der Waals surface area (Å²) in [5, 5.41) is 0. The van der Waals surface area contributed by atoms with Crippen molar-refractivity contribution in [1.29, 1.82) is 0 Å². The molecule has 0 aliphatic rings. The van der Waals surface area contributed by atoms with Crippen LogP contribution in [0.15, 0.2) is 28.7 Å². The second kappa shape index (κ2) is 12.7. The summed E-state index contributed by atoms with van der Waals surface area (Å²) < 4.78 is 6.20. The highest BCUT2D eigenvalue weighted by molar-refractivity contribution is 9.10. The molecule has 0 N–H and O–H groups in total. The second-order valence-corrected chi connectivity index (χ2v) is 6.74. The van der Waals surface area contributed by atoms with E-state index in [4.69, 9.17) is 4.74 Å². The standard InChI is InChI=1S/C19H29BrO2/c1-2-3-4-5-6-7-8-9-10-11-15-22-19(21)17-13-12-14-18(20)16-17/h12-14,16H,2-11,15H2,1H3. The fraction of sp³-hybridized carbons (Fsp3) is 0.632. The molecule has 0 spiro atoms. The van der Waals surface area contributed by atoms with Gasteiger partial charge < -0.3 is 4.74 Å². The molecular formula is C19H29BrO2. The highest BCUT2D eigenvalue weighted by Gasteiger charge is 2.06. The third-order valence-electron chi connectivity index (χ3n) is 3.79. The highest BCUT2D eigenvalue weighted by Crippen LogP contribution is 2.13. The van der Waals surface area contributed by atoms with Crippen molar-refractivity contribution in [2.75, 3.05) is 6.61 Å². The van der Waals surface area contributed by atoms with Crippen LogP contribution in [0.1, 0.15) is 81.5 Å². The van der Waals surface area contributed by atoms with Crippen molar-refractivity contribution in [2.45, 2.75) is 71.1 Å². The molecule has 0 unspecified atom stereocenters. The summed E-state index contributed by atoms with van der Waals surface area (Å²) in [6.07, 6.45) is 12.9. The summed E-state index contributed by atoms with van der Waals surface area (Å²) in [7, 11) is 0. The van der Waals surface area contributed by atoms with E-state index in [0.717, 1.165) is 17.3 Å². The molecule has 124 valence electrons. The van der Waals surface area contributed by atoms with Crippen molar-refractivity contribution < 1.29 is 9.53 Å². The van der Waals surface area contributed by atoms with Crippen LogP contribution >= 0.6 is 15.9 Å². The summed E-state index contributed by atoms with van der Waals surface area (Å²) in [5.41, 5.74) is 0.612. The Labute approximate surface area is 143 Å². The number of rotatable bonds is 12. The molecule has 0 atom stereocenters. The Bertz CT molecular complexity index is 418. The van der Waals surface area contributed by atoms with Crippen LogP contribution in [0.5, 0.6) is 0 Å². The van der Waals surface area contributed by atoms with Crippen LogP contribution in [0.25, 0.3) is 0 Å². The van der Waals surface area contributed by atoms with Gasteiger partial charge in [-0.15, -0.1) is 0 Å². The van der Waals surface area contributed by atoms with Gasteiger partial charge in [-0.3, -0.25) is 0 Å². The van der Waals surface area contributed by atoms with Gasteiger partial charge in [0.15, 0.2) is 0 Å². The van der Waals surface area contributed by atoms with Crippen molar-refractivity contribution in [3.63, 3.8) is 0 Å². The van der Waals surface area contributed by atoms with E-state index in [-0.39, 0.29) is 5.97 Å². The minimum atomic E-state index is -0.225.